The quantitative estimate of drug-likeness (QED) is 0.0342. The van der Waals surface area contributed by atoms with Gasteiger partial charge in [-0.3, -0.25) is 0 Å². The molecule has 0 aromatic rings. The van der Waals surface area contributed by atoms with Crippen LogP contribution in [0, 0.1) is 0 Å². The summed E-state index contributed by atoms with van der Waals surface area (Å²) in [6, 6.07) is 0. The number of allylic oxidation sites excluding steroid dienone is 2. The van der Waals surface area contributed by atoms with Gasteiger partial charge >= 0.3 is 0 Å². The van der Waals surface area contributed by atoms with Gasteiger partial charge in [-0.25, -0.2) is 0 Å². The fourth-order valence-corrected chi connectivity index (χ4v) is 9.76. The summed E-state index contributed by atoms with van der Waals surface area (Å²) in [4.78, 5) is 0. The van der Waals surface area contributed by atoms with E-state index in [4.69, 9.17) is 33.2 Å². The van der Waals surface area contributed by atoms with E-state index in [1.165, 1.54) is 218 Å². The average molecular weight is 1040 g/mol. The lowest BCUT2D eigenvalue weighted by Gasteiger charge is -2.26. The Morgan fingerprint density at radius 3 is 0.740 bits per heavy atom. The van der Waals surface area contributed by atoms with Gasteiger partial charge in [0.15, 0.2) is 25.1 Å². The molecule has 0 heterocycles. The third-order valence-corrected chi connectivity index (χ3v) is 14.5. The smallest absolute Gasteiger partial charge is 0.162 e. The minimum absolute atomic E-state index is 0.132. The van der Waals surface area contributed by atoms with Crippen LogP contribution in [0.25, 0.3) is 0 Å². The number of rotatable bonds is 62. The number of unbranched alkanes of at least 4 members (excludes halogenated alkanes) is 34. The topological polar surface area (TPSA) is 64.6 Å². The summed E-state index contributed by atoms with van der Waals surface area (Å²) in [5.74, 6) is 3.87. The highest BCUT2D eigenvalue weighted by atomic mass is 16.7. The van der Waals surface area contributed by atoms with Crippen LogP contribution in [0.1, 0.15) is 351 Å². The van der Waals surface area contributed by atoms with Crippen molar-refractivity contribution in [1.82, 2.24) is 0 Å². The molecular weight excluding hydrogens is 905 g/mol. The van der Waals surface area contributed by atoms with Gasteiger partial charge in [-0.05, 0) is 51.4 Å². The van der Waals surface area contributed by atoms with Crippen molar-refractivity contribution < 1.29 is 33.2 Å². The maximum absolute atomic E-state index is 6.86. The summed E-state index contributed by atoms with van der Waals surface area (Å²) in [5.41, 5.74) is 0. The van der Waals surface area contributed by atoms with Crippen LogP contribution in [0.5, 0.6) is 0 Å². The van der Waals surface area contributed by atoms with E-state index >= 15 is 0 Å². The lowest BCUT2D eigenvalue weighted by molar-refractivity contribution is -0.167. The summed E-state index contributed by atoms with van der Waals surface area (Å²) in [5, 5.41) is 0. The predicted octanol–water partition coefficient (Wildman–Crippen LogP) is 22.3. The summed E-state index contributed by atoms with van der Waals surface area (Å²) in [6.45, 7) is 21.4. The van der Waals surface area contributed by atoms with Crippen LogP contribution in [-0.4, -0.2) is 52.2 Å². The molecule has 0 fully saturated rings. The first-order chi connectivity index (χ1) is 36.1. The maximum Gasteiger partial charge on any atom is 0.162 e. The van der Waals surface area contributed by atoms with Gasteiger partial charge < -0.3 is 33.2 Å². The summed E-state index contributed by atoms with van der Waals surface area (Å²) < 4.78 is 47.1. The van der Waals surface area contributed by atoms with Crippen molar-refractivity contribution in [1.29, 1.82) is 0 Å². The Labute approximate surface area is 457 Å². The predicted molar refractivity (Wildman–Crippen MR) is 316 cm³/mol. The zero-order valence-corrected chi connectivity index (χ0v) is 50.8. The van der Waals surface area contributed by atoms with Crippen LogP contribution < -0.4 is 0 Å². The molecule has 2 unspecified atom stereocenters. The standard InChI is InChI=1S/C66H130O7/c1-9-17-23-29-35-37-39-45-53-63(68-55-47-41-31-25-19-11-3)65(70-57-49-43-33-27-21-13-5)61(51-15-7)72-59-67-60-73-62(52-16-8)66(71-58-50-44-34-28-22-14-6)64(69-56-48-42-32-26-20-12-4)54-46-40-38-36-30-24-18-10-2/h61-62H,9-60H2,1-8H3. The fraction of sp³-hybridized carbons (Fsp3) is 0.939. The Bertz CT molecular complexity index is 1050. The molecule has 0 bridgehead atoms. The van der Waals surface area contributed by atoms with Crippen LogP contribution in [0.3, 0.4) is 0 Å². The molecule has 0 N–H and O–H groups in total. The van der Waals surface area contributed by atoms with Gasteiger partial charge in [-0.2, -0.15) is 0 Å². The molecular formula is C66H130O7. The van der Waals surface area contributed by atoms with E-state index in [-0.39, 0.29) is 25.8 Å². The van der Waals surface area contributed by atoms with Crippen LogP contribution in [0.2, 0.25) is 0 Å². The molecule has 0 rings (SSSR count). The second-order valence-corrected chi connectivity index (χ2v) is 21.8. The van der Waals surface area contributed by atoms with Gasteiger partial charge in [0, 0.05) is 12.8 Å². The number of ether oxygens (including phenoxy) is 7. The molecule has 7 heteroatoms. The van der Waals surface area contributed by atoms with Crippen molar-refractivity contribution in [2.45, 2.75) is 363 Å². The van der Waals surface area contributed by atoms with Gasteiger partial charge in [-0.15, -0.1) is 0 Å². The fourth-order valence-electron chi connectivity index (χ4n) is 9.76. The van der Waals surface area contributed by atoms with E-state index in [9.17, 15) is 0 Å². The minimum Gasteiger partial charge on any atom is -0.494 e. The molecule has 0 amide bonds. The number of hydrogen-bond donors (Lipinski definition) is 0. The van der Waals surface area contributed by atoms with Crippen molar-refractivity contribution in [2.75, 3.05) is 40.0 Å². The number of hydrogen-bond acceptors (Lipinski definition) is 7. The average Bonchev–Trinajstić information content (AvgIpc) is 3.39. The molecule has 0 aliphatic heterocycles. The van der Waals surface area contributed by atoms with Crippen LogP contribution in [-0.2, 0) is 33.2 Å². The van der Waals surface area contributed by atoms with Crippen molar-refractivity contribution in [3.63, 3.8) is 0 Å². The van der Waals surface area contributed by atoms with Gasteiger partial charge in [0.1, 0.15) is 23.7 Å². The Morgan fingerprint density at radius 2 is 0.479 bits per heavy atom. The lowest BCUT2D eigenvalue weighted by Crippen LogP contribution is -2.25. The Hall–Kier alpha value is -1.44. The normalized spacial score (nSPS) is 13.3. The first-order valence-electron chi connectivity index (χ1n) is 32.9. The second kappa shape index (κ2) is 59.8. The maximum atomic E-state index is 6.86. The van der Waals surface area contributed by atoms with E-state index in [1.54, 1.807) is 0 Å². The molecule has 73 heavy (non-hydrogen) atoms. The first kappa shape index (κ1) is 71.6. The molecule has 0 saturated carbocycles. The SMILES string of the molecule is CCCCCCCCCCC(OCCCCCCCC)=C(OCCCCCCCC)C(CCC)OCOCOC(CCC)C(OCCCCCCCC)=C(CCCCCCCCCC)OCCCCCCCC. The molecule has 7 nitrogen and oxygen atoms in total. The molecule has 0 aliphatic rings. The molecule has 0 saturated heterocycles. The minimum atomic E-state index is -0.227. The highest BCUT2D eigenvalue weighted by Crippen LogP contribution is 2.28. The van der Waals surface area contributed by atoms with Gasteiger partial charge in [0.05, 0.1) is 26.4 Å². The molecule has 0 radical (unpaired) electrons. The summed E-state index contributed by atoms with van der Waals surface area (Å²) in [7, 11) is 0. The second-order valence-electron chi connectivity index (χ2n) is 21.8. The Balaban J connectivity index is 6.44. The van der Waals surface area contributed by atoms with Crippen molar-refractivity contribution >= 4 is 0 Å². The van der Waals surface area contributed by atoms with E-state index in [0.29, 0.717) is 13.2 Å². The van der Waals surface area contributed by atoms with Crippen molar-refractivity contribution in [2.24, 2.45) is 0 Å². The van der Waals surface area contributed by atoms with E-state index < -0.39 is 0 Å². The van der Waals surface area contributed by atoms with Crippen LogP contribution in [0.4, 0.5) is 0 Å². The summed E-state index contributed by atoms with van der Waals surface area (Å²) >= 11 is 0. The molecule has 0 spiro atoms. The van der Waals surface area contributed by atoms with Gasteiger partial charge in [-0.1, -0.05) is 287 Å². The zero-order chi connectivity index (χ0) is 53.2. The van der Waals surface area contributed by atoms with Crippen LogP contribution >= 0.6 is 0 Å². The highest BCUT2D eigenvalue weighted by molar-refractivity contribution is 5.09. The molecule has 2 atom stereocenters. The largest absolute Gasteiger partial charge is 0.494 e. The Morgan fingerprint density at radius 1 is 0.247 bits per heavy atom. The molecule has 436 valence electrons. The van der Waals surface area contributed by atoms with E-state index in [1.807, 2.05) is 0 Å². The zero-order valence-electron chi connectivity index (χ0n) is 50.8. The summed E-state index contributed by atoms with van der Waals surface area (Å²) in [6.07, 6.45) is 55.5. The third kappa shape index (κ3) is 46.4. The highest BCUT2D eigenvalue weighted by Gasteiger charge is 2.25. The first-order valence-corrected chi connectivity index (χ1v) is 32.9. The molecule has 0 aromatic carbocycles. The Kier molecular flexibility index (Phi) is 58.6. The monoisotopic (exact) mass is 1030 g/mol. The van der Waals surface area contributed by atoms with Crippen LogP contribution in [0.15, 0.2) is 23.0 Å². The van der Waals surface area contributed by atoms with Crippen molar-refractivity contribution in [3.05, 3.63) is 23.0 Å². The third-order valence-electron chi connectivity index (χ3n) is 14.5. The lowest BCUT2D eigenvalue weighted by atomic mass is 10.0. The van der Waals surface area contributed by atoms with Gasteiger partial charge in [0.25, 0.3) is 0 Å². The van der Waals surface area contributed by atoms with E-state index in [2.05, 4.69) is 55.4 Å². The van der Waals surface area contributed by atoms with E-state index in [0.717, 1.165) is 113 Å². The molecule has 0 aromatic heterocycles. The van der Waals surface area contributed by atoms with Gasteiger partial charge in [0.2, 0.25) is 0 Å². The molecule has 0 aliphatic carbocycles. The van der Waals surface area contributed by atoms with Crippen molar-refractivity contribution in [3.8, 4) is 0 Å².